The molecule has 1 aromatic heterocycles. The van der Waals surface area contributed by atoms with Crippen molar-refractivity contribution in [2.45, 2.75) is 26.3 Å². The molecule has 0 aromatic carbocycles. The molecule has 0 bridgehead atoms. The molecular formula is C11H15N3O2S. The fourth-order valence-electron chi connectivity index (χ4n) is 2.13. The number of rotatable bonds is 2. The third-order valence-corrected chi connectivity index (χ3v) is 4.03. The Labute approximate surface area is 103 Å². The molecule has 2 rings (SSSR count). The smallest absolute Gasteiger partial charge is 0.251 e. The Morgan fingerprint density at radius 2 is 2.18 bits per heavy atom. The average molecular weight is 253 g/mol. The number of nitrogens with two attached hydrogens (primary N) is 2. The van der Waals surface area contributed by atoms with Crippen molar-refractivity contribution in [3.05, 3.63) is 16.0 Å². The van der Waals surface area contributed by atoms with Gasteiger partial charge in [0, 0.05) is 17.8 Å². The van der Waals surface area contributed by atoms with Crippen molar-refractivity contribution < 1.29 is 9.59 Å². The van der Waals surface area contributed by atoms with Crippen LogP contribution in [0.15, 0.2) is 0 Å². The van der Waals surface area contributed by atoms with Crippen LogP contribution in [0.5, 0.6) is 0 Å². The number of primary amides is 1. The van der Waals surface area contributed by atoms with Crippen LogP contribution in [-0.2, 0) is 17.8 Å². The summed E-state index contributed by atoms with van der Waals surface area (Å²) in [6.07, 6.45) is 1.16. The molecule has 1 aliphatic rings. The van der Waals surface area contributed by atoms with Crippen molar-refractivity contribution in [3.63, 3.8) is 0 Å². The van der Waals surface area contributed by atoms with Gasteiger partial charge in [-0.05, 0) is 12.0 Å². The van der Waals surface area contributed by atoms with Crippen molar-refractivity contribution in [2.24, 2.45) is 5.73 Å². The van der Waals surface area contributed by atoms with Crippen LogP contribution in [0.2, 0.25) is 0 Å². The number of fused-ring (bicyclic) bond motifs is 1. The molecule has 0 saturated carbocycles. The number of nitrogen functional groups attached to an aromatic ring is 1. The molecule has 4 N–H and O–H groups in total. The minimum atomic E-state index is -0.477. The lowest BCUT2D eigenvalue weighted by Gasteiger charge is -2.26. The van der Waals surface area contributed by atoms with E-state index in [4.69, 9.17) is 11.5 Å². The molecule has 0 aliphatic carbocycles. The summed E-state index contributed by atoms with van der Waals surface area (Å²) in [5, 5.41) is 0.466. The molecule has 0 fully saturated rings. The van der Waals surface area contributed by atoms with Gasteiger partial charge in [0.15, 0.2) is 0 Å². The van der Waals surface area contributed by atoms with Crippen LogP contribution in [0, 0.1) is 0 Å². The normalized spacial score (nSPS) is 14.5. The summed E-state index contributed by atoms with van der Waals surface area (Å²) in [7, 11) is 0. The van der Waals surface area contributed by atoms with Crippen LogP contribution in [0.1, 0.15) is 34.1 Å². The van der Waals surface area contributed by atoms with Crippen LogP contribution in [-0.4, -0.2) is 23.3 Å². The van der Waals surface area contributed by atoms with Gasteiger partial charge >= 0.3 is 0 Å². The number of carbonyl (C=O) groups is 2. The maximum Gasteiger partial charge on any atom is 0.251 e. The topological polar surface area (TPSA) is 89.4 Å². The largest absolute Gasteiger partial charge is 0.390 e. The van der Waals surface area contributed by atoms with Gasteiger partial charge in [-0.25, -0.2) is 0 Å². The number of nitrogens with zero attached hydrogens (tertiary/aromatic N) is 1. The summed E-state index contributed by atoms with van der Waals surface area (Å²) >= 11 is 1.36. The number of hydrogen-bond donors (Lipinski definition) is 2. The Morgan fingerprint density at radius 3 is 2.76 bits per heavy atom. The van der Waals surface area contributed by atoms with Crippen LogP contribution in [0.4, 0.5) is 5.00 Å². The summed E-state index contributed by atoms with van der Waals surface area (Å²) in [6, 6.07) is 0. The zero-order chi connectivity index (χ0) is 12.6. The Bertz CT molecular complexity index is 481. The van der Waals surface area contributed by atoms with Crippen molar-refractivity contribution in [1.82, 2.24) is 4.90 Å². The minimum Gasteiger partial charge on any atom is -0.390 e. The highest BCUT2D eigenvalue weighted by molar-refractivity contribution is 7.16. The van der Waals surface area contributed by atoms with E-state index < -0.39 is 5.91 Å². The van der Waals surface area contributed by atoms with Gasteiger partial charge in [-0.2, -0.15) is 0 Å². The maximum atomic E-state index is 11.6. The van der Waals surface area contributed by atoms with E-state index in [9.17, 15) is 9.59 Å². The summed E-state index contributed by atoms with van der Waals surface area (Å²) in [4.78, 5) is 25.7. The highest BCUT2D eigenvalue weighted by Crippen LogP contribution is 2.34. The third kappa shape index (κ3) is 2.00. The monoisotopic (exact) mass is 253 g/mol. The van der Waals surface area contributed by atoms with Gasteiger partial charge < -0.3 is 16.4 Å². The van der Waals surface area contributed by atoms with Crippen LogP contribution >= 0.6 is 11.3 Å². The second-order valence-electron chi connectivity index (χ2n) is 4.03. The zero-order valence-electron chi connectivity index (χ0n) is 9.66. The van der Waals surface area contributed by atoms with Gasteiger partial charge in [-0.3, -0.25) is 9.59 Å². The van der Waals surface area contributed by atoms with Crippen LogP contribution in [0.3, 0.4) is 0 Å². The van der Waals surface area contributed by atoms with Gasteiger partial charge in [0.25, 0.3) is 5.91 Å². The van der Waals surface area contributed by atoms with Crippen molar-refractivity contribution in [1.29, 1.82) is 0 Å². The van der Waals surface area contributed by atoms with Gasteiger partial charge in [-0.15, -0.1) is 11.3 Å². The molecule has 2 amide bonds. The number of hydrogen-bond acceptors (Lipinski definition) is 4. The molecule has 0 spiro atoms. The third-order valence-electron chi connectivity index (χ3n) is 2.99. The predicted molar refractivity (Wildman–Crippen MR) is 66.7 cm³/mol. The molecule has 0 unspecified atom stereocenters. The fourth-order valence-corrected chi connectivity index (χ4v) is 3.27. The SMILES string of the molecule is CCC(=O)N1CCc2c(sc(N)c2C(N)=O)C1. The minimum absolute atomic E-state index is 0.128. The molecule has 0 atom stereocenters. The number of thiophene rings is 1. The highest BCUT2D eigenvalue weighted by atomic mass is 32.1. The molecule has 5 nitrogen and oxygen atoms in total. The second-order valence-corrected chi connectivity index (χ2v) is 5.16. The lowest BCUT2D eigenvalue weighted by Crippen LogP contribution is -2.35. The van der Waals surface area contributed by atoms with Crippen molar-refractivity contribution >= 4 is 28.2 Å². The molecule has 0 radical (unpaired) electrons. The van der Waals surface area contributed by atoms with E-state index >= 15 is 0 Å². The quantitative estimate of drug-likeness (QED) is 0.814. The molecule has 92 valence electrons. The van der Waals surface area contributed by atoms with Crippen molar-refractivity contribution in [2.75, 3.05) is 12.3 Å². The first-order chi connectivity index (χ1) is 8.04. The molecule has 0 saturated heterocycles. The summed E-state index contributed by atoms with van der Waals surface area (Å²) in [5.74, 6) is -0.349. The van der Waals surface area contributed by atoms with E-state index in [1.165, 1.54) is 11.3 Å². The van der Waals surface area contributed by atoms with E-state index in [0.717, 1.165) is 10.4 Å². The lowest BCUT2D eigenvalue weighted by atomic mass is 10.0. The van der Waals surface area contributed by atoms with E-state index in [-0.39, 0.29) is 5.91 Å². The molecular weight excluding hydrogens is 238 g/mol. The summed E-state index contributed by atoms with van der Waals surface area (Å²) < 4.78 is 0. The summed E-state index contributed by atoms with van der Waals surface area (Å²) in [6.45, 7) is 3.02. The predicted octanol–water partition coefficient (Wildman–Crippen LogP) is 0.724. The van der Waals surface area contributed by atoms with E-state index in [0.29, 0.717) is 36.5 Å². The van der Waals surface area contributed by atoms with E-state index in [1.807, 2.05) is 6.92 Å². The number of anilines is 1. The molecule has 2 heterocycles. The summed E-state index contributed by atoms with van der Waals surface area (Å²) in [5.41, 5.74) is 12.5. The number of amides is 2. The Morgan fingerprint density at radius 1 is 1.47 bits per heavy atom. The van der Waals surface area contributed by atoms with Crippen LogP contribution < -0.4 is 11.5 Å². The second kappa shape index (κ2) is 4.37. The molecule has 1 aromatic rings. The Balaban J connectivity index is 2.32. The standard InChI is InChI=1S/C11H15N3O2S/c1-2-8(15)14-4-3-6-7(5-14)17-11(13)9(6)10(12)16/h2-5,13H2,1H3,(H2,12,16). The molecule has 17 heavy (non-hydrogen) atoms. The van der Waals surface area contributed by atoms with Gasteiger partial charge in [-0.1, -0.05) is 6.92 Å². The van der Waals surface area contributed by atoms with Gasteiger partial charge in [0.05, 0.1) is 17.1 Å². The Hall–Kier alpha value is -1.56. The average Bonchev–Trinajstić information content (AvgIpc) is 2.62. The van der Waals surface area contributed by atoms with E-state index in [2.05, 4.69) is 0 Å². The van der Waals surface area contributed by atoms with Crippen LogP contribution in [0.25, 0.3) is 0 Å². The highest BCUT2D eigenvalue weighted by Gasteiger charge is 2.27. The molecule has 1 aliphatic heterocycles. The molecule has 6 heteroatoms. The maximum absolute atomic E-state index is 11.6. The first kappa shape index (κ1) is 11.9. The fraction of sp³-hybridized carbons (Fsp3) is 0.455. The lowest BCUT2D eigenvalue weighted by molar-refractivity contribution is -0.131. The zero-order valence-corrected chi connectivity index (χ0v) is 10.5. The van der Waals surface area contributed by atoms with Crippen molar-refractivity contribution in [3.8, 4) is 0 Å². The van der Waals surface area contributed by atoms with E-state index in [1.54, 1.807) is 4.90 Å². The number of carbonyl (C=O) groups excluding carboxylic acids is 2. The first-order valence-electron chi connectivity index (χ1n) is 5.52. The Kier molecular flexibility index (Phi) is 3.06. The van der Waals surface area contributed by atoms with Gasteiger partial charge in [0.2, 0.25) is 5.91 Å². The van der Waals surface area contributed by atoms with Gasteiger partial charge in [0.1, 0.15) is 0 Å². The first-order valence-corrected chi connectivity index (χ1v) is 6.33.